The third kappa shape index (κ3) is 3.21. The lowest BCUT2D eigenvalue weighted by atomic mass is 10.1. The molecule has 0 heterocycles. The number of nitrogens with one attached hydrogen (secondary N) is 1. The summed E-state index contributed by atoms with van der Waals surface area (Å²) in [6.45, 7) is 1.55. The van der Waals surface area contributed by atoms with Crippen LogP contribution in [0, 0.1) is 6.92 Å². The fraction of sp³-hybridized carbons (Fsp3) is 0.273. The van der Waals surface area contributed by atoms with Crippen molar-refractivity contribution in [2.45, 2.75) is 19.3 Å². The molecule has 0 spiro atoms. The molecule has 0 unspecified atom stereocenters. The Bertz CT molecular complexity index is 517. The Morgan fingerprint density at radius 3 is 2.37 bits per heavy atom. The minimum absolute atomic E-state index is 0.460. The summed E-state index contributed by atoms with van der Waals surface area (Å²) in [4.78, 5) is 21.9. The van der Waals surface area contributed by atoms with Gasteiger partial charge in [0.05, 0.1) is 11.3 Å². The van der Waals surface area contributed by atoms with Gasteiger partial charge in [0.25, 0.3) is 0 Å². The van der Waals surface area contributed by atoms with Crippen molar-refractivity contribution in [3.63, 3.8) is 0 Å². The smallest absolute Gasteiger partial charge is 0.383 e. The molecule has 0 bridgehead atoms. The van der Waals surface area contributed by atoms with Crippen LogP contribution in [0.1, 0.15) is 15.9 Å². The fourth-order valence-electron chi connectivity index (χ4n) is 1.25. The molecule has 0 atom stereocenters. The molecule has 0 aromatic heterocycles. The molecule has 1 aromatic carbocycles. The molecular weight excluding hydrogens is 270 g/mol. The molecule has 0 saturated heterocycles. The van der Waals surface area contributed by atoms with Gasteiger partial charge in [-0.1, -0.05) is 11.6 Å². The van der Waals surface area contributed by atoms with Crippen molar-refractivity contribution in [2.75, 3.05) is 5.32 Å². The minimum Gasteiger partial charge on any atom is -0.478 e. The third-order valence-corrected chi connectivity index (χ3v) is 2.23. The van der Waals surface area contributed by atoms with Gasteiger partial charge in [-0.3, -0.25) is 4.79 Å². The van der Waals surface area contributed by atoms with Gasteiger partial charge in [0.15, 0.2) is 0 Å². The first-order valence-corrected chi connectivity index (χ1v) is 4.97. The summed E-state index contributed by atoms with van der Waals surface area (Å²) in [5.74, 6) is -8.62. The van der Waals surface area contributed by atoms with Gasteiger partial charge in [-0.15, -0.1) is 0 Å². The summed E-state index contributed by atoms with van der Waals surface area (Å²) in [5.41, 5.74) is -0.419. The molecule has 104 valence electrons. The second-order valence-electron chi connectivity index (χ2n) is 3.73. The molecule has 1 amide bonds. The number of carbonyl (C=O) groups is 2. The number of benzene rings is 1. The maximum atomic E-state index is 12.7. The Hall–Kier alpha value is -2.12. The number of carboxylic acid groups (broad SMARTS) is 1. The summed E-state index contributed by atoms with van der Waals surface area (Å²) in [6, 6.07) is 3.53. The average molecular weight is 279 g/mol. The van der Waals surface area contributed by atoms with E-state index in [1.54, 1.807) is 6.92 Å². The number of hydrogen-bond donors (Lipinski definition) is 2. The Morgan fingerprint density at radius 1 is 1.32 bits per heavy atom. The van der Waals surface area contributed by atoms with Crippen LogP contribution < -0.4 is 5.32 Å². The molecule has 1 aromatic rings. The Labute approximate surface area is 105 Å². The maximum absolute atomic E-state index is 12.7. The maximum Gasteiger partial charge on any atom is 0.383 e. The van der Waals surface area contributed by atoms with Crippen LogP contribution in [-0.2, 0) is 4.79 Å². The number of carboxylic acids is 1. The number of aryl methyl sites for hydroxylation is 1. The molecular formula is C11H9F4NO3. The van der Waals surface area contributed by atoms with Crippen LogP contribution >= 0.6 is 0 Å². The van der Waals surface area contributed by atoms with Gasteiger partial charge in [0.1, 0.15) is 0 Å². The first kappa shape index (κ1) is 14.9. The van der Waals surface area contributed by atoms with Gasteiger partial charge < -0.3 is 10.4 Å². The number of halogens is 4. The summed E-state index contributed by atoms with van der Waals surface area (Å²) >= 11 is 0. The molecule has 0 aliphatic rings. The number of amides is 1. The zero-order valence-electron chi connectivity index (χ0n) is 9.58. The third-order valence-electron chi connectivity index (χ3n) is 2.23. The van der Waals surface area contributed by atoms with Crippen LogP contribution in [0.4, 0.5) is 23.2 Å². The van der Waals surface area contributed by atoms with Crippen LogP contribution in [0.25, 0.3) is 0 Å². The van der Waals surface area contributed by atoms with Crippen LogP contribution in [0.5, 0.6) is 0 Å². The highest BCUT2D eigenvalue weighted by Crippen LogP contribution is 2.26. The SMILES string of the molecule is Cc1ccc(NC(=O)C(F)(F)C(F)F)c(C(=O)O)c1. The van der Waals surface area contributed by atoms with Crippen LogP contribution in [-0.4, -0.2) is 29.3 Å². The first-order chi connectivity index (χ1) is 8.66. The quantitative estimate of drug-likeness (QED) is 0.832. The van der Waals surface area contributed by atoms with Crippen molar-refractivity contribution in [3.8, 4) is 0 Å². The second-order valence-corrected chi connectivity index (χ2v) is 3.73. The van der Waals surface area contributed by atoms with E-state index < -0.39 is 35.5 Å². The van der Waals surface area contributed by atoms with Gasteiger partial charge in [-0.25, -0.2) is 13.6 Å². The second kappa shape index (κ2) is 5.25. The van der Waals surface area contributed by atoms with Gasteiger partial charge in [0.2, 0.25) is 0 Å². The van der Waals surface area contributed by atoms with Crippen LogP contribution in [0.3, 0.4) is 0 Å². The van der Waals surface area contributed by atoms with Crippen molar-refractivity contribution < 1.29 is 32.3 Å². The number of alkyl halides is 4. The average Bonchev–Trinajstić information content (AvgIpc) is 2.30. The van der Waals surface area contributed by atoms with Crippen LogP contribution in [0.2, 0.25) is 0 Å². The summed E-state index contributed by atoms with van der Waals surface area (Å²) in [7, 11) is 0. The van der Waals surface area contributed by atoms with E-state index in [0.29, 0.717) is 5.56 Å². The predicted octanol–water partition coefficient (Wildman–Crippen LogP) is 2.53. The molecule has 0 aliphatic heterocycles. The van der Waals surface area contributed by atoms with E-state index in [-0.39, 0.29) is 0 Å². The largest absolute Gasteiger partial charge is 0.478 e. The lowest BCUT2D eigenvalue weighted by Crippen LogP contribution is -2.41. The van der Waals surface area contributed by atoms with Crippen molar-refractivity contribution in [1.82, 2.24) is 0 Å². The topological polar surface area (TPSA) is 66.4 Å². The van der Waals surface area contributed by atoms with E-state index in [0.717, 1.165) is 12.1 Å². The lowest BCUT2D eigenvalue weighted by Gasteiger charge is -2.16. The van der Waals surface area contributed by atoms with E-state index in [9.17, 15) is 27.2 Å². The highest BCUT2D eigenvalue weighted by Gasteiger charge is 2.49. The van der Waals surface area contributed by atoms with E-state index >= 15 is 0 Å². The van der Waals surface area contributed by atoms with Crippen LogP contribution in [0.15, 0.2) is 18.2 Å². The van der Waals surface area contributed by atoms with Gasteiger partial charge in [-0.2, -0.15) is 8.78 Å². The zero-order chi connectivity index (χ0) is 14.8. The minimum atomic E-state index is -4.89. The summed E-state index contributed by atoms with van der Waals surface area (Å²) < 4.78 is 49.4. The van der Waals surface area contributed by atoms with E-state index in [4.69, 9.17) is 5.11 Å². The van der Waals surface area contributed by atoms with Crippen molar-refractivity contribution >= 4 is 17.6 Å². The molecule has 1 rings (SSSR count). The molecule has 8 heteroatoms. The normalized spacial score (nSPS) is 11.5. The Kier molecular flexibility index (Phi) is 4.13. The van der Waals surface area contributed by atoms with Crippen molar-refractivity contribution in [2.24, 2.45) is 0 Å². The predicted molar refractivity (Wildman–Crippen MR) is 57.7 cm³/mol. The summed E-state index contributed by atoms with van der Waals surface area (Å²) in [5, 5.41) is 10.3. The van der Waals surface area contributed by atoms with Gasteiger partial charge in [-0.05, 0) is 19.1 Å². The highest BCUT2D eigenvalue weighted by molar-refractivity contribution is 6.03. The van der Waals surface area contributed by atoms with Gasteiger partial charge in [0, 0.05) is 0 Å². The van der Waals surface area contributed by atoms with Crippen molar-refractivity contribution in [1.29, 1.82) is 0 Å². The van der Waals surface area contributed by atoms with Gasteiger partial charge >= 0.3 is 24.2 Å². The summed E-state index contributed by atoms with van der Waals surface area (Å²) in [6.07, 6.45) is -4.17. The molecule has 2 N–H and O–H groups in total. The van der Waals surface area contributed by atoms with E-state index in [1.807, 2.05) is 0 Å². The molecule has 0 radical (unpaired) electrons. The molecule has 0 saturated carbocycles. The molecule has 4 nitrogen and oxygen atoms in total. The molecule has 19 heavy (non-hydrogen) atoms. The number of rotatable bonds is 4. The Morgan fingerprint density at radius 2 is 1.89 bits per heavy atom. The number of carbonyl (C=O) groups excluding carboxylic acids is 1. The standard InChI is InChI=1S/C11H9F4NO3/c1-5-2-3-7(6(4-5)8(17)18)16-10(19)11(14,15)9(12)13/h2-4,9H,1H3,(H,16,19)(H,17,18). The lowest BCUT2D eigenvalue weighted by molar-refractivity contribution is -0.163. The number of hydrogen-bond acceptors (Lipinski definition) is 2. The molecule has 0 aliphatic carbocycles. The highest BCUT2D eigenvalue weighted by atomic mass is 19.3. The van der Waals surface area contributed by atoms with E-state index in [1.165, 1.54) is 11.4 Å². The number of aromatic carboxylic acids is 1. The fourth-order valence-corrected chi connectivity index (χ4v) is 1.25. The Balaban J connectivity index is 3.07. The molecule has 0 fully saturated rings. The first-order valence-electron chi connectivity index (χ1n) is 4.97. The monoisotopic (exact) mass is 279 g/mol. The zero-order valence-corrected chi connectivity index (χ0v) is 9.58. The van der Waals surface area contributed by atoms with E-state index in [2.05, 4.69) is 0 Å². The number of anilines is 1. The van der Waals surface area contributed by atoms with Crippen molar-refractivity contribution in [3.05, 3.63) is 29.3 Å².